The molecule has 0 radical (unpaired) electrons. The second-order valence-corrected chi connectivity index (χ2v) is 6.67. The molecule has 1 saturated carbocycles. The summed E-state index contributed by atoms with van der Waals surface area (Å²) >= 11 is 0. The molecular formula is C20H28N2O2. The van der Waals surface area contributed by atoms with Crippen LogP contribution < -0.4 is 5.32 Å². The monoisotopic (exact) mass is 328 g/mol. The molecule has 0 aromatic carbocycles. The van der Waals surface area contributed by atoms with Gasteiger partial charge in [0.2, 0.25) is 0 Å². The Morgan fingerprint density at radius 1 is 1.08 bits per heavy atom. The van der Waals surface area contributed by atoms with Gasteiger partial charge in [0.1, 0.15) is 0 Å². The van der Waals surface area contributed by atoms with Gasteiger partial charge in [0.25, 0.3) is 0 Å². The zero-order valence-corrected chi connectivity index (χ0v) is 14.8. The Morgan fingerprint density at radius 2 is 1.79 bits per heavy atom. The molecule has 4 heteroatoms. The number of allylic oxidation sites excluding steroid dienone is 4. The molecule has 0 saturated heterocycles. The van der Waals surface area contributed by atoms with E-state index in [-0.39, 0.29) is 0 Å². The number of ether oxygens (including phenoxy) is 2. The maximum atomic E-state index is 8.56. The van der Waals surface area contributed by atoms with Crippen molar-refractivity contribution < 1.29 is 9.47 Å². The first kappa shape index (κ1) is 17.0. The molecule has 2 N–H and O–H groups in total. The highest BCUT2D eigenvalue weighted by Crippen LogP contribution is 2.40. The first-order valence-electron chi connectivity index (χ1n) is 8.99. The van der Waals surface area contributed by atoms with Crippen molar-refractivity contribution in [3.8, 4) is 0 Å². The Bertz CT molecular complexity index is 620. The third kappa shape index (κ3) is 3.48. The minimum atomic E-state index is 0.535. The number of methoxy groups -OCH3 is 2. The van der Waals surface area contributed by atoms with Crippen LogP contribution >= 0.6 is 0 Å². The molecule has 130 valence electrons. The predicted molar refractivity (Wildman–Crippen MR) is 97.1 cm³/mol. The van der Waals surface area contributed by atoms with Crippen LogP contribution in [-0.2, 0) is 9.47 Å². The van der Waals surface area contributed by atoms with E-state index in [1.807, 2.05) is 6.08 Å². The van der Waals surface area contributed by atoms with Crippen molar-refractivity contribution in [3.63, 3.8) is 0 Å². The van der Waals surface area contributed by atoms with Gasteiger partial charge < -0.3 is 20.2 Å². The van der Waals surface area contributed by atoms with Crippen LogP contribution in [0.2, 0.25) is 0 Å². The largest absolute Gasteiger partial charge is 0.493 e. The molecule has 0 unspecified atom stereocenters. The van der Waals surface area contributed by atoms with E-state index in [4.69, 9.17) is 14.9 Å². The van der Waals surface area contributed by atoms with E-state index in [1.165, 1.54) is 36.8 Å². The topological polar surface area (TPSA) is 54.3 Å². The Labute approximate surface area is 144 Å². The molecule has 0 aromatic heterocycles. The van der Waals surface area contributed by atoms with Crippen molar-refractivity contribution in [1.82, 2.24) is 5.32 Å². The second kappa shape index (κ2) is 7.84. The molecule has 0 amide bonds. The minimum absolute atomic E-state index is 0.535. The number of nitrogens with one attached hydrogen (secondary N) is 2. The van der Waals surface area contributed by atoms with E-state index < -0.39 is 0 Å². The summed E-state index contributed by atoms with van der Waals surface area (Å²) in [6, 6.07) is 0. The van der Waals surface area contributed by atoms with Crippen molar-refractivity contribution >= 4 is 5.71 Å². The van der Waals surface area contributed by atoms with Gasteiger partial charge in [-0.1, -0.05) is 18.9 Å². The zero-order chi connectivity index (χ0) is 16.9. The second-order valence-electron chi connectivity index (χ2n) is 6.67. The van der Waals surface area contributed by atoms with Gasteiger partial charge in [0, 0.05) is 11.6 Å². The fourth-order valence-electron chi connectivity index (χ4n) is 4.01. The molecule has 24 heavy (non-hydrogen) atoms. The van der Waals surface area contributed by atoms with Crippen LogP contribution in [0.15, 0.2) is 46.5 Å². The van der Waals surface area contributed by atoms with Gasteiger partial charge in [-0.2, -0.15) is 0 Å². The summed E-state index contributed by atoms with van der Waals surface area (Å²) in [6.07, 6.45) is 13.3. The molecular weight excluding hydrogens is 300 g/mol. The van der Waals surface area contributed by atoms with Gasteiger partial charge >= 0.3 is 0 Å². The van der Waals surface area contributed by atoms with Crippen molar-refractivity contribution in [2.75, 3.05) is 27.3 Å². The van der Waals surface area contributed by atoms with Crippen molar-refractivity contribution in [2.45, 2.75) is 38.5 Å². The quantitative estimate of drug-likeness (QED) is 0.823. The van der Waals surface area contributed by atoms with Crippen LogP contribution in [0, 0.1) is 11.3 Å². The molecule has 2 aliphatic carbocycles. The lowest BCUT2D eigenvalue weighted by Gasteiger charge is -2.24. The van der Waals surface area contributed by atoms with E-state index in [2.05, 4.69) is 11.4 Å². The molecule has 3 rings (SSSR count). The fourth-order valence-corrected chi connectivity index (χ4v) is 4.01. The Hall–Kier alpha value is -1.81. The molecule has 4 nitrogen and oxygen atoms in total. The highest BCUT2D eigenvalue weighted by Gasteiger charge is 2.28. The van der Waals surface area contributed by atoms with E-state index in [0.29, 0.717) is 23.1 Å². The zero-order valence-electron chi connectivity index (χ0n) is 14.8. The lowest BCUT2D eigenvalue weighted by molar-refractivity contribution is 0.220. The maximum Gasteiger partial charge on any atom is 0.162 e. The van der Waals surface area contributed by atoms with Crippen LogP contribution in [0.5, 0.6) is 0 Å². The van der Waals surface area contributed by atoms with Crippen LogP contribution in [0.4, 0.5) is 0 Å². The van der Waals surface area contributed by atoms with Gasteiger partial charge in [0.15, 0.2) is 11.5 Å². The summed E-state index contributed by atoms with van der Waals surface area (Å²) < 4.78 is 10.9. The summed E-state index contributed by atoms with van der Waals surface area (Å²) in [4.78, 5) is 0. The Morgan fingerprint density at radius 3 is 2.50 bits per heavy atom. The molecule has 3 aliphatic rings. The Balaban J connectivity index is 2.07. The maximum absolute atomic E-state index is 8.56. The minimum Gasteiger partial charge on any atom is -0.493 e. The first-order valence-corrected chi connectivity index (χ1v) is 8.99. The first-order chi connectivity index (χ1) is 11.7. The number of hydrogen-bond acceptors (Lipinski definition) is 4. The molecule has 0 aromatic rings. The van der Waals surface area contributed by atoms with E-state index in [9.17, 15) is 0 Å². The normalized spacial score (nSPS) is 24.8. The van der Waals surface area contributed by atoms with Crippen molar-refractivity contribution in [1.29, 1.82) is 5.41 Å². The average molecular weight is 328 g/mol. The standard InChI is InChI=1S/C20H28N2O2/c1-23-18-12-16(17(21)13-19(18)24-2)20(14-6-3-4-7-14)15-8-5-10-22-11-9-15/h8,12-14,21-22H,3-7,9-11H2,1-2H3/b20-16+,21-17?. The molecule has 1 heterocycles. The average Bonchev–Trinajstić information content (AvgIpc) is 2.99. The summed E-state index contributed by atoms with van der Waals surface area (Å²) in [5.41, 5.74) is 4.36. The predicted octanol–water partition coefficient (Wildman–Crippen LogP) is 3.88. The third-order valence-corrected chi connectivity index (χ3v) is 5.21. The van der Waals surface area contributed by atoms with Crippen LogP contribution in [0.1, 0.15) is 38.5 Å². The third-order valence-electron chi connectivity index (χ3n) is 5.21. The summed E-state index contributed by atoms with van der Waals surface area (Å²) in [6.45, 7) is 2.06. The number of hydrogen-bond donors (Lipinski definition) is 2. The molecule has 0 spiro atoms. The SMILES string of the molecule is COC1=CC(=N)/C(=C(/C2=CCCNCC2)C2CCCC2)C=C1OC. The molecule has 0 bridgehead atoms. The van der Waals surface area contributed by atoms with Gasteiger partial charge in [-0.3, -0.25) is 0 Å². The highest BCUT2D eigenvalue weighted by atomic mass is 16.5. The van der Waals surface area contributed by atoms with Gasteiger partial charge in [0.05, 0.1) is 19.9 Å². The number of rotatable bonds is 4. The molecule has 0 atom stereocenters. The summed E-state index contributed by atoms with van der Waals surface area (Å²) in [7, 11) is 3.29. The van der Waals surface area contributed by atoms with Crippen molar-refractivity contribution in [2.24, 2.45) is 5.92 Å². The van der Waals surface area contributed by atoms with Crippen LogP contribution in [0.3, 0.4) is 0 Å². The summed E-state index contributed by atoms with van der Waals surface area (Å²) in [5.74, 6) is 1.91. The van der Waals surface area contributed by atoms with Crippen LogP contribution in [0.25, 0.3) is 0 Å². The van der Waals surface area contributed by atoms with E-state index in [0.717, 1.165) is 31.5 Å². The van der Waals surface area contributed by atoms with Crippen molar-refractivity contribution in [3.05, 3.63) is 46.5 Å². The fraction of sp³-hybridized carbons (Fsp3) is 0.550. The van der Waals surface area contributed by atoms with Gasteiger partial charge in [-0.25, -0.2) is 0 Å². The molecule has 1 aliphatic heterocycles. The lowest BCUT2D eigenvalue weighted by atomic mass is 9.82. The smallest absolute Gasteiger partial charge is 0.162 e. The van der Waals surface area contributed by atoms with E-state index >= 15 is 0 Å². The van der Waals surface area contributed by atoms with Crippen LogP contribution in [-0.4, -0.2) is 33.0 Å². The van der Waals surface area contributed by atoms with E-state index in [1.54, 1.807) is 20.3 Å². The summed E-state index contributed by atoms with van der Waals surface area (Å²) in [5, 5.41) is 12.0. The highest BCUT2D eigenvalue weighted by molar-refractivity contribution is 6.11. The van der Waals surface area contributed by atoms with Gasteiger partial charge in [-0.15, -0.1) is 0 Å². The lowest BCUT2D eigenvalue weighted by Crippen LogP contribution is -2.17. The Kier molecular flexibility index (Phi) is 5.56. The molecule has 1 fully saturated rings. The van der Waals surface area contributed by atoms with Gasteiger partial charge in [-0.05, 0) is 61.9 Å².